The first-order valence-corrected chi connectivity index (χ1v) is 6.84. The molecule has 3 N–H and O–H groups in total. The van der Waals surface area contributed by atoms with E-state index in [0.717, 1.165) is 31.6 Å². The van der Waals surface area contributed by atoms with Gasteiger partial charge in [-0.2, -0.15) is 0 Å². The quantitative estimate of drug-likeness (QED) is 0.826. The van der Waals surface area contributed by atoms with Crippen molar-refractivity contribution in [2.24, 2.45) is 0 Å². The summed E-state index contributed by atoms with van der Waals surface area (Å²) >= 11 is 0. The minimum Gasteiger partial charge on any atom is -0.394 e. The van der Waals surface area contributed by atoms with Gasteiger partial charge in [-0.05, 0) is 31.4 Å². The Hall–Kier alpha value is -1.69. The molecule has 1 aliphatic carbocycles. The van der Waals surface area contributed by atoms with E-state index in [9.17, 15) is 13.6 Å². The second-order valence-corrected chi connectivity index (χ2v) is 5.54. The molecule has 1 saturated heterocycles. The molecule has 1 atom stereocenters. The molecule has 1 aromatic rings. The van der Waals surface area contributed by atoms with Crippen molar-refractivity contribution in [1.29, 1.82) is 0 Å². The number of anilines is 1. The van der Waals surface area contributed by atoms with Crippen LogP contribution in [0.15, 0.2) is 12.1 Å². The fourth-order valence-electron chi connectivity index (χ4n) is 2.66. The monoisotopic (exact) mass is 281 g/mol. The van der Waals surface area contributed by atoms with E-state index in [1.54, 1.807) is 0 Å². The average molecular weight is 281 g/mol. The second kappa shape index (κ2) is 5.01. The number of nitrogen functional groups attached to an aromatic ring is 1. The number of hydrogen-bond donors (Lipinski definition) is 2. The molecule has 6 heteroatoms. The third-order valence-electron chi connectivity index (χ3n) is 3.96. The third-order valence-corrected chi connectivity index (χ3v) is 3.96. The molecule has 0 radical (unpaired) electrons. The lowest BCUT2D eigenvalue weighted by Gasteiger charge is -2.16. The van der Waals surface area contributed by atoms with Crippen molar-refractivity contribution in [3.8, 4) is 0 Å². The zero-order valence-corrected chi connectivity index (χ0v) is 11.0. The number of likely N-dealkylation sites (tertiary alicyclic amines) is 1. The number of nitrogens with one attached hydrogen (secondary N) is 1. The van der Waals surface area contributed by atoms with E-state index >= 15 is 0 Å². The molecule has 1 amide bonds. The van der Waals surface area contributed by atoms with Crippen LogP contribution >= 0.6 is 0 Å². The van der Waals surface area contributed by atoms with Gasteiger partial charge in [-0.3, -0.25) is 9.69 Å². The van der Waals surface area contributed by atoms with E-state index in [2.05, 4.69) is 10.2 Å². The van der Waals surface area contributed by atoms with Crippen molar-refractivity contribution >= 4 is 11.6 Å². The zero-order chi connectivity index (χ0) is 14.3. The molecule has 0 aromatic heterocycles. The molecular weight excluding hydrogens is 264 g/mol. The first kappa shape index (κ1) is 13.3. The summed E-state index contributed by atoms with van der Waals surface area (Å²) in [4.78, 5) is 14.4. The van der Waals surface area contributed by atoms with E-state index in [4.69, 9.17) is 5.73 Å². The normalized spacial score (nSPS) is 23.0. The number of rotatable bonds is 3. The lowest BCUT2D eigenvalue weighted by atomic mass is 10.1. The zero-order valence-electron chi connectivity index (χ0n) is 11.0. The molecule has 1 saturated carbocycles. The minimum absolute atomic E-state index is 0.0286. The molecule has 2 fully saturated rings. The summed E-state index contributed by atoms with van der Waals surface area (Å²) in [6.45, 7) is 1.79. The summed E-state index contributed by atoms with van der Waals surface area (Å²) < 4.78 is 26.7. The predicted molar refractivity (Wildman–Crippen MR) is 71.2 cm³/mol. The third kappa shape index (κ3) is 2.60. The van der Waals surface area contributed by atoms with Gasteiger partial charge in [0.05, 0.1) is 0 Å². The van der Waals surface area contributed by atoms with Crippen molar-refractivity contribution in [1.82, 2.24) is 10.2 Å². The van der Waals surface area contributed by atoms with E-state index in [1.165, 1.54) is 12.8 Å². The van der Waals surface area contributed by atoms with Crippen LogP contribution < -0.4 is 11.1 Å². The van der Waals surface area contributed by atoms with Crippen LogP contribution in [0.5, 0.6) is 0 Å². The summed E-state index contributed by atoms with van der Waals surface area (Å²) in [6, 6.07) is 2.66. The molecule has 20 heavy (non-hydrogen) atoms. The maximum absolute atomic E-state index is 13.3. The van der Waals surface area contributed by atoms with Crippen LogP contribution in [0.4, 0.5) is 14.5 Å². The Balaban J connectivity index is 1.64. The van der Waals surface area contributed by atoms with Crippen molar-refractivity contribution in [3.05, 3.63) is 29.3 Å². The fourth-order valence-corrected chi connectivity index (χ4v) is 2.66. The molecular formula is C14H17F2N3O. The Bertz CT molecular complexity index is 522. The van der Waals surface area contributed by atoms with Crippen molar-refractivity contribution in [3.63, 3.8) is 0 Å². The number of benzene rings is 1. The molecule has 108 valence electrons. The highest BCUT2D eigenvalue weighted by Gasteiger charge is 2.34. The van der Waals surface area contributed by atoms with Gasteiger partial charge in [0.15, 0.2) is 0 Å². The Labute approximate surface area is 115 Å². The number of carbonyl (C=O) groups excluding carboxylic acids is 1. The highest BCUT2D eigenvalue weighted by atomic mass is 19.1. The molecule has 1 aliphatic heterocycles. The summed E-state index contributed by atoms with van der Waals surface area (Å²) in [5.74, 6) is -2.26. The Kier molecular flexibility index (Phi) is 3.33. The van der Waals surface area contributed by atoms with Crippen molar-refractivity contribution < 1.29 is 13.6 Å². The second-order valence-electron chi connectivity index (χ2n) is 5.54. The average Bonchev–Trinajstić information content (AvgIpc) is 3.16. The van der Waals surface area contributed by atoms with Crippen LogP contribution in [0.3, 0.4) is 0 Å². The minimum atomic E-state index is -0.902. The summed E-state index contributed by atoms with van der Waals surface area (Å²) in [7, 11) is 0. The maximum atomic E-state index is 13.3. The lowest BCUT2D eigenvalue weighted by molar-refractivity contribution is 0.0936. The highest BCUT2D eigenvalue weighted by molar-refractivity contribution is 5.94. The standard InChI is InChI=1S/C14H17F2N3O/c15-11-5-8(6-12(16)13(11)17)14(20)18-9-3-4-19(7-9)10-1-2-10/h5-6,9-10H,1-4,7,17H2,(H,18,20). The number of amides is 1. The number of nitrogens with zero attached hydrogens (tertiary/aromatic N) is 1. The highest BCUT2D eigenvalue weighted by Crippen LogP contribution is 2.29. The first-order valence-electron chi connectivity index (χ1n) is 6.84. The molecule has 2 aliphatic rings. The molecule has 1 unspecified atom stereocenters. The topological polar surface area (TPSA) is 58.4 Å². The molecule has 0 spiro atoms. The first-order chi connectivity index (χ1) is 9.54. The Morgan fingerprint density at radius 1 is 1.25 bits per heavy atom. The predicted octanol–water partition coefficient (Wildman–Crippen LogP) is 1.51. The van der Waals surface area contributed by atoms with E-state index in [0.29, 0.717) is 6.04 Å². The van der Waals surface area contributed by atoms with Crippen molar-refractivity contribution in [2.45, 2.75) is 31.3 Å². The van der Waals surface area contributed by atoms with E-state index in [-0.39, 0.29) is 11.6 Å². The number of nitrogens with two attached hydrogens (primary N) is 1. The Morgan fingerprint density at radius 2 is 1.90 bits per heavy atom. The Morgan fingerprint density at radius 3 is 2.50 bits per heavy atom. The smallest absolute Gasteiger partial charge is 0.251 e. The molecule has 4 nitrogen and oxygen atoms in total. The van der Waals surface area contributed by atoms with Crippen LogP contribution in [0, 0.1) is 11.6 Å². The van der Waals surface area contributed by atoms with Crippen LogP contribution in [0.25, 0.3) is 0 Å². The van der Waals surface area contributed by atoms with Gasteiger partial charge in [0.25, 0.3) is 5.91 Å². The van der Waals surface area contributed by atoms with Gasteiger partial charge in [-0.25, -0.2) is 8.78 Å². The summed E-state index contributed by atoms with van der Waals surface area (Å²) in [6.07, 6.45) is 3.34. The largest absolute Gasteiger partial charge is 0.394 e. The van der Waals surface area contributed by atoms with Gasteiger partial charge in [-0.15, -0.1) is 0 Å². The van der Waals surface area contributed by atoms with E-state index in [1.807, 2.05) is 0 Å². The van der Waals surface area contributed by atoms with Crippen LogP contribution in [0.1, 0.15) is 29.6 Å². The molecule has 0 bridgehead atoms. The van der Waals surface area contributed by atoms with Crippen LogP contribution in [-0.4, -0.2) is 36.0 Å². The number of hydrogen-bond acceptors (Lipinski definition) is 3. The van der Waals surface area contributed by atoms with E-state index < -0.39 is 23.2 Å². The SMILES string of the molecule is Nc1c(F)cc(C(=O)NC2CCN(C3CC3)C2)cc1F. The van der Waals surface area contributed by atoms with Gasteiger partial charge < -0.3 is 11.1 Å². The van der Waals surface area contributed by atoms with Crippen molar-refractivity contribution in [2.75, 3.05) is 18.8 Å². The molecule has 3 rings (SSSR count). The summed E-state index contributed by atoms with van der Waals surface area (Å²) in [5, 5.41) is 2.83. The lowest BCUT2D eigenvalue weighted by Crippen LogP contribution is -2.37. The van der Waals surface area contributed by atoms with Gasteiger partial charge >= 0.3 is 0 Å². The van der Waals surface area contributed by atoms with Crippen LogP contribution in [-0.2, 0) is 0 Å². The fraction of sp³-hybridized carbons (Fsp3) is 0.500. The number of halogens is 2. The van der Waals surface area contributed by atoms with Gasteiger partial charge in [-0.1, -0.05) is 0 Å². The summed E-state index contributed by atoms with van der Waals surface area (Å²) in [5.41, 5.74) is 4.60. The maximum Gasteiger partial charge on any atom is 0.251 e. The van der Waals surface area contributed by atoms with Crippen LogP contribution in [0.2, 0.25) is 0 Å². The molecule has 1 aromatic carbocycles. The molecule has 1 heterocycles. The van der Waals surface area contributed by atoms with Gasteiger partial charge in [0, 0.05) is 30.7 Å². The van der Waals surface area contributed by atoms with Gasteiger partial charge in [0.1, 0.15) is 17.3 Å². The van der Waals surface area contributed by atoms with Gasteiger partial charge in [0.2, 0.25) is 0 Å². The number of carbonyl (C=O) groups is 1.